The lowest BCUT2D eigenvalue weighted by Gasteiger charge is -2.22. The van der Waals surface area contributed by atoms with Gasteiger partial charge >= 0.3 is 0 Å². The van der Waals surface area contributed by atoms with Crippen LogP contribution in [0.1, 0.15) is 25.1 Å². The highest BCUT2D eigenvalue weighted by Crippen LogP contribution is 2.35. The largest absolute Gasteiger partial charge is 0.493 e. The molecule has 0 bridgehead atoms. The summed E-state index contributed by atoms with van der Waals surface area (Å²) >= 11 is 0. The molecule has 0 atom stereocenters. The summed E-state index contributed by atoms with van der Waals surface area (Å²) in [4.78, 5) is 22.2. The van der Waals surface area contributed by atoms with Crippen LogP contribution in [0.5, 0.6) is 11.5 Å². The van der Waals surface area contributed by atoms with Gasteiger partial charge in [-0.15, -0.1) is 0 Å². The normalized spacial score (nSPS) is 10.7. The van der Waals surface area contributed by atoms with Gasteiger partial charge in [0.1, 0.15) is 11.6 Å². The number of carbonyl (C=O) groups is 1. The number of benzene rings is 2. The predicted molar refractivity (Wildman–Crippen MR) is 115 cm³/mol. The number of methoxy groups -OCH3 is 1. The first-order valence-corrected chi connectivity index (χ1v) is 9.74. The van der Waals surface area contributed by atoms with Gasteiger partial charge < -0.3 is 14.4 Å². The van der Waals surface area contributed by atoms with E-state index in [2.05, 4.69) is 9.97 Å². The number of nitrogens with zero attached hydrogens (tertiary/aromatic N) is 3. The van der Waals surface area contributed by atoms with Gasteiger partial charge in [0.15, 0.2) is 11.5 Å². The molecule has 2 aromatic carbocycles. The number of nitrogens with one attached hydrogen (secondary N) is 1. The first-order chi connectivity index (χ1) is 14.5. The van der Waals surface area contributed by atoms with Crippen LogP contribution in [0.2, 0.25) is 0 Å². The molecular weight excluding hydrogens is 384 g/mol. The summed E-state index contributed by atoms with van der Waals surface area (Å²) in [5.74, 6) is 2.35. The molecule has 0 spiro atoms. The molecule has 0 aliphatic carbocycles. The lowest BCUT2D eigenvalue weighted by molar-refractivity contribution is -0.129. The SMILES string of the molecule is COc1ccc(N(C)c2nc(C)nc3ccccc23)cc1OCCCCC(=O)NO. The fourth-order valence-electron chi connectivity index (χ4n) is 3.16. The highest BCUT2D eigenvalue weighted by Gasteiger charge is 2.14. The molecule has 2 N–H and O–H groups in total. The van der Waals surface area contributed by atoms with Crippen LogP contribution in [-0.4, -0.2) is 41.8 Å². The Balaban J connectivity index is 1.80. The molecule has 0 unspecified atom stereocenters. The first-order valence-electron chi connectivity index (χ1n) is 9.74. The summed E-state index contributed by atoms with van der Waals surface area (Å²) < 4.78 is 11.3. The van der Waals surface area contributed by atoms with E-state index >= 15 is 0 Å². The quantitative estimate of drug-likeness (QED) is 0.315. The molecule has 1 amide bonds. The Morgan fingerprint density at radius 1 is 1.13 bits per heavy atom. The smallest absolute Gasteiger partial charge is 0.243 e. The zero-order chi connectivity index (χ0) is 21.5. The molecule has 30 heavy (non-hydrogen) atoms. The number of ether oxygens (including phenoxy) is 2. The summed E-state index contributed by atoms with van der Waals surface area (Å²) in [5.41, 5.74) is 3.42. The number of rotatable bonds is 9. The van der Waals surface area contributed by atoms with Gasteiger partial charge in [0.05, 0.1) is 19.2 Å². The van der Waals surface area contributed by atoms with Crippen LogP contribution < -0.4 is 19.9 Å². The van der Waals surface area contributed by atoms with Crippen molar-refractivity contribution in [1.29, 1.82) is 0 Å². The minimum atomic E-state index is -0.399. The van der Waals surface area contributed by atoms with Crippen LogP contribution in [0.3, 0.4) is 0 Å². The second-order valence-electron chi connectivity index (χ2n) is 6.85. The monoisotopic (exact) mass is 410 g/mol. The number of hydrogen-bond acceptors (Lipinski definition) is 7. The van der Waals surface area contributed by atoms with Crippen molar-refractivity contribution in [3.05, 3.63) is 48.3 Å². The fraction of sp³-hybridized carbons (Fsp3) is 0.318. The molecule has 1 aromatic heterocycles. The number of unbranched alkanes of at least 4 members (excludes halogenated alkanes) is 1. The molecule has 0 aliphatic rings. The van der Waals surface area contributed by atoms with E-state index in [1.807, 2.05) is 61.3 Å². The lowest BCUT2D eigenvalue weighted by Crippen LogP contribution is -2.18. The topological polar surface area (TPSA) is 96.8 Å². The standard InChI is InChI=1S/C22H26N4O4/c1-15-23-18-9-5-4-8-17(18)22(24-15)26(2)16-11-12-19(29-3)20(14-16)30-13-7-6-10-21(27)25-28/h4-5,8-9,11-12,14,28H,6-7,10,13H2,1-3H3,(H,25,27). The van der Waals surface area contributed by atoms with Crippen LogP contribution in [0, 0.1) is 6.92 Å². The summed E-state index contributed by atoms with van der Waals surface area (Å²) in [6, 6.07) is 13.6. The Morgan fingerprint density at radius 2 is 1.93 bits per heavy atom. The van der Waals surface area contributed by atoms with Crippen LogP contribution >= 0.6 is 0 Å². The van der Waals surface area contributed by atoms with E-state index in [4.69, 9.17) is 14.7 Å². The van der Waals surface area contributed by atoms with Crippen LogP contribution in [0.15, 0.2) is 42.5 Å². The third-order valence-corrected chi connectivity index (χ3v) is 4.73. The molecule has 158 valence electrons. The number of carbonyl (C=O) groups excluding carboxylic acids is 1. The fourth-order valence-corrected chi connectivity index (χ4v) is 3.16. The van der Waals surface area contributed by atoms with Crippen molar-refractivity contribution in [3.63, 3.8) is 0 Å². The van der Waals surface area contributed by atoms with Gasteiger partial charge in [0, 0.05) is 30.6 Å². The van der Waals surface area contributed by atoms with E-state index in [1.165, 1.54) is 0 Å². The zero-order valence-corrected chi connectivity index (χ0v) is 17.4. The molecule has 0 saturated heterocycles. The molecule has 0 fully saturated rings. The highest BCUT2D eigenvalue weighted by atomic mass is 16.5. The first kappa shape index (κ1) is 21.3. The van der Waals surface area contributed by atoms with E-state index in [9.17, 15) is 4.79 Å². The summed E-state index contributed by atoms with van der Waals surface area (Å²) in [6.45, 7) is 2.31. The van der Waals surface area contributed by atoms with E-state index in [-0.39, 0.29) is 6.42 Å². The Morgan fingerprint density at radius 3 is 2.70 bits per heavy atom. The summed E-state index contributed by atoms with van der Waals surface area (Å²) in [7, 11) is 3.55. The molecule has 1 heterocycles. The van der Waals surface area contributed by atoms with Crippen LogP contribution in [0.25, 0.3) is 10.9 Å². The third kappa shape index (κ3) is 4.96. The number of para-hydroxylation sites is 1. The average Bonchev–Trinajstić information content (AvgIpc) is 2.77. The van der Waals surface area contributed by atoms with E-state index in [0.717, 1.165) is 22.4 Å². The van der Waals surface area contributed by atoms with Crippen molar-refractivity contribution < 1.29 is 19.5 Å². The molecule has 3 rings (SSSR count). The average molecular weight is 410 g/mol. The Labute approximate surface area is 175 Å². The van der Waals surface area contributed by atoms with Crippen molar-refractivity contribution in [3.8, 4) is 11.5 Å². The van der Waals surface area contributed by atoms with Gasteiger partial charge in [0.2, 0.25) is 5.91 Å². The van der Waals surface area contributed by atoms with Crippen molar-refractivity contribution in [1.82, 2.24) is 15.4 Å². The maximum absolute atomic E-state index is 11.1. The Hall–Kier alpha value is -3.39. The number of fused-ring (bicyclic) bond motifs is 1. The number of anilines is 2. The number of hydrogen-bond donors (Lipinski definition) is 2. The van der Waals surface area contributed by atoms with Crippen molar-refractivity contribution in [2.75, 3.05) is 25.7 Å². The van der Waals surface area contributed by atoms with Gasteiger partial charge in [-0.3, -0.25) is 10.0 Å². The van der Waals surface area contributed by atoms with E-state index in [1.54, 1.807) is 12.6 Å². The third-order valence-electron chi connectivity index (χ3n) is 4.73. The molecule has 0 saturated carbocycles. The number of aryl methyl sites for hydroxylation is 1. The van der Waals surface area contributed by atoms with E-state index < -0.39 is 5.91 Å². The lowest BCUT2D eigenvalue weighted by atomic mass is 10.2. The predicted octanol–water partition coefficient (Wildman–Crippen LogP) is 3.77. The second kappa shape index (κ2) is 9.89. The van der Waals surface area contributed by atoms with Crippen LogP contribution in [0.4, 0.5) is 11.5 Å². The highest BCUT2D eigenvalue weighted by molar-refractivity contribution is 5.91. The molecule has 8 nitrogen and oxygen atoms in total. The van der Waals surface area contributed by atoms with Gasteiger partial charge in [-0.1, -0.05) is 12.1 Å². The Kier molecular flexibility index (Phi) is 7.03. The van der Waals surface area contributed by atoms with Crippen molar-refractivity contribution in [2.24, 2.45) is 0 Å². The van der Waals surface area contributed by atoms with Crippen molar-refractivity contribution >= 4 is 28.3 Å². The minimum Gasteiger partial charge on any atom is -0.493 e. The van der Waals surface area contributed by atoms with Gasteiger partial charge in [0.25, 0.3) is 0 Å². The van der Waals surface area contributed by atoms with Gasteiger partial charge in [-0.05, 0) is 44.0 Å². The number of amides is 1. The summed E-state index contributed by atoms with van der Waals surface area (Å²) in [6.07, 6.45) is 1.53. The van der Waals surface area contributed by atoms with Gasteiger partial charge in [-0.25, -0.2) is 15.4 Å². The minimum absolute atomic E-state index is 0.250. The molecule has 0 radical (unpaired) electrons. The molecular formula is C22H26N4O4. The summed E-state index contributed by atoms with van der Waals surface area (Å²) in [5, 5.41) is 9.50. The van der Waals surface area contributed by atoms with Gasteiger partial charge in [-0.2, -0.15) is 0 Å². The molecule has 0 aliphatic heterocycles. The number of aromatic nitrogens is 2. The maximum Gasteiger partial charge on any atom is 0.243 e. The number of hydroxylamine groups is 1. The molecule has 8 heteroatoms. The Bertz CT molecular complexity index is 1030. The van der Waals surface area contributed by atoms with Crippen molar-refractivity contribution in [2.45, 2.75) is 26.2 Å². The maximum atomic E-state index is 11.1. The second-order valence-corrected chi connectivity index (χ2v) is 6.85. The van der Waals surface area contributed by atoms with E-state index in [0.29, 0.717) is 36.8 Å². The molecule has 3 aromatic rings. The zero-order valence-electron chi connectivity index (χ0n) is 17.4. The van der Waals surface area contributed by atoms with Crippen LogP contribution in [-0.2, 0) is 4.79 Å².